The molecular formula is C21H17F6N3O5S. The van der Waals surface area contributed by atoms with E-state index in [1.54, 1.807) is 24.3 Å². The number of piperazine rings is 1. The molecule has 15 heteroatoms. The fourth-order valence-corrected chi connectivity index (χ4v) is 5.30. The standard InChI is InChI=1S/C21H17F6N3O5S/c22-20(23,24)13-9-14(21(25,26)27)11-15(10-13)36(33,34)29-7-5-28(6-8-29)18(31)12-30-16-3-1-2-4-17(16)35-19(30)32/h1-4,9-11H,5-8,12H2. The Morgan fingerprint density at radius 2 is 1.44 bits per heavy atom. The molecule has 194 valence electrons. The van der Waals surface area contributed by atoms with E-state index < -0.39 is 56.6 Å². The molecule has 0 saturated carbocycles. The van der Waals surface area contributed by atoms with Crippen LogP contribution in [0.25, 0.3) is 11.1 Å². The molecule has 0 bridgehead atoms. The highest BCUT2D eigenvalue weighted by Crippen LogP contribution is 2.37. The van der Waals surface area contributed by atoms with Crippen molar-refractivity contribution in [1.29, 1.82) is 0 Å². The molecule has 2 aromatic carbocycles. The number of amides is 1. The summed E-state index contributed by atoms with van der Waals surface area (Å²) in [7, 11) is -4.74. The zero-order valence-electron chi connectivity index (χ0n) is 18.1. The van der Waals surface area contributed by atoms with Crippen LogP contribution in [0.2, 0.25) is 0 Å². The summed E-state index contributed by atoms with van der Waals surface area (Å²) in [4.78, 5) is 24.9. The average Bonchev–Trinajstić information content (AvgIpc) is 3.12. The summed E-state index contributed by atoms with van der Waals surface area (Å²) >= 11 is 0. The van der Waals surface area contributed by atoms with Crippen LogP contribution in [-0.4, -0.2) is 54.3 Å². The van der Waals surface area contributed by atoms with E-state index in [1.165, 1.54) is 4.90 Å². The van der Waals surface area contributed by atoms with Gasteiger partial charge in [0.2, 0.25) is 15.9 Å². The number of carbonyl (C=O) groups is 1. The van der Waals surface area contributed by atoms with Gasteiger partial charge in [0.25, 0.3) is 0 Å². The van der Waals surface area contributed by atoms with E-state index in [0.29, 0.717) is 9.82 Å². The zero-order chi connectivity index (χ0) is 26.5. The summed E-state index contributed by atoms with van der Waals surface area (Å²) in [6.45, 7) is -1.51. The van der Waals surface area contributed by atoms with E-state index in [2.05, 4.69) is 0 Å². The third-order valence-electron chi connectivity index (χ3n) is 5.66. The molecule has 1 fully saturated rings. The number of oxazole rings is 1. The normalized spacial score (nSPS) is 16.0. The molecule has 36 heavy (non-hydrogen) atoms. The predicted octanol–water partition coefficient (Wildman–Crippen LogP) is 3.17. The van der Waals surface area contributed by atoms with Crippen molar-refractivity contribution in [3.8, 4) is 0 Å². The van der Waals surface area contributed by atoms with Gasteiger partial charge in [-0.25, -0.2) is 13.2 Å². The molecule has 1 aliphatic rings. The topological polar surface area (TPSA) is 92.8 Å². The van der Waals surface area contributed by atoms with E-state index in [4.69, 9.17) is 4.42 Å². The van der Waals surface area contributed by atoms with Gasteiger partial charge in [0.1, 0.15) is 6.54 Å². The van der Waals surface area contributed by atoms with Crippen LogP contribution in [0.3, 0.4) is 0 Å². The minimum absolute atomic E-state index is 0.151. The van der Waals surface area contributed by atoms with Crippen LogP contribution in [0.15, 0.2) is 56.6 Å². The lowest BCUT2D eigenvalue weighted by atomic mass is 10.1. The van der Waals surface area contributed by atoms with Crippen molar-refractivity contribution in [2.24, 2.45) is 0 Å². The minimum atomic E-state index is -5.20. The van der Waals surface area contributed by atoms with Gasteiger partial charge in [0.15, 0.2) is 5.58 Å². The quantitative estimate of drug-likeness (QED) is 0.477. The maximum Gasteiger partial charge on any atom is 0.420 e. The molecule has 0 unspecified atom stereocenters. The highest BCUT2D eigenvalue weighted by Gasteiger charge is 2.39. The second-order valence-corrected chi connectivity index (χ2v) is 9.89. The number of fused-ring (bicyclic) bond motifs is 1. The maximum atomic E-state index is 13.1. The number of halogens is 6. The molecule has 8 nitrogen and oxygen atoms in total. The van der Waals surface area contributed by atoms with Crippen molar-refractivity contribution < 1.29 is 44.0 Å². The molecule has 4 rings (SSSR count). The van der Waals surface area contributed by atoms with Gasteiger partial charge in [-0.15, -0.1) is 0 Å². The van der Waals surface area contributed by atoms with Crippen LogP contribution >= 0.6 is 0 Å². The summed E-state index contributed by atoms with van der Waals surface area (Å²) in [5, 5.41) is 0. The third kappa shape index (κ3) is 4.97. The number of benzene rings is 2. The Labute approximate surface area is 199 Å². The Morgan fingerprint density at radius 3 is 2.00 bits per heavy atom. The number of nitrogens with zero attached hydrogens (tertiary/aromatic N) is 3. The molecule has 1 aliphatic heterocycles. The van der Waals surface area contributed by atoms with Crippen molar-refractivity contribution in [1.82, 2.24) is 13.8 Å². The van der Waals surface area contributed by atoms with Crippen molar-refractivity contribution in [3.05, 3.63) is 64.1 Å². The molecule has 0 aliphatic carbocycles. The molecule has 3 aromatic rings. The van der Waals surface area contributed by atoms with Crippen LogP contribution in [0.4, 0.5) is 26.3 Å². The number of hydrogen-bond acceptors (Lipinski definition) is 5. The largest absolute Gasteiger partial charge is 0.420 e. The third-order valence-corrected chi connectivity index (χ3v) is 7.53. The molecule has 1 saturated heterocycles. The predicted molar refractivity (Wildman–Crippen MR) is 112 cm³/mol. The zero-order valence-corrected chi connectivity index (χ0v) is 19.0. The first-order valence-corrected chi connectivity index (χ1v) is 11.8. The highest BCUT2D eigenvalue weighted by molar-refractivity contribution is 7.89. The number of para-hydroxylation sites is 2. The molecule has 1 aromatic heterocycles. The highest BCUT2D eigenvalue weighted by atomic mass is 32.2. The van der Waals surface area contributed by atoms with Gasteiger partial charge < -0.3 is 9.32 Å². The second kappa shape index (κ2) is 8.96. The lowest BCUT2D eigenvalue weighted by Crippen LogP contribution is -2.51. The van der Waals surface area contributed by atoms with Crippen LogP contribution in [-0.2, 0) is 33.7 Å². The summed E-state index contributed by atoms with van der Waals surface area (Å²) in [6.07, 6.45) is -10.4. The van der Waals surface area contributed by atoms with Gasteiger partial charge in [-0.1, -0.05) is 12.1 Å². The van der Waals surface area contributed by atoms with Crippen molar-refractivity contribution in [2.45, 2.75) is 23.8 Å². The Morgan fingerprint density at radius 1 is 0.889 bits per heavy atom. The SMILES string of the molecule is O=C(Cn1c(=O)oc2ccccc21)N1CCN(S(=O)(=O)c2cc(C(F)(F)F)cc(C(F)(F)F)c2)CC1. The fraction of sp³-hybridized carbons (Fsp3) is 0.333. The first-order valence-electron chi connectivity index (χ1n) is 10.3. The number of aromatic nitrogens is 1. The Kier molecular flexibility index (Phi) is 6.41. The maximum absolute atomic E-state index is 13.1. The second-order valence-electron chi connectivity index (χ2n) is 7.95. The molecular weight excluding hydrogens is 520 g/mol. The Hall–Kier alpha value is -3.33. The number of rotatable bonds is 4. The van der Waals surface area contributed by atoms with Gasteiger partial charge in [0.05, 0.1) is 21.5 Å². The molecule has 0 N–H and O–H groups in total. The fourth-order valence-electron chi connectivity index (χ4n) is 3.80. The van der Waals surface area contributed by atoms with Gasteiger partial charge >= 0.3 is 18.1 Å². The lowest BCUT2D eigenvalue weighted by Gasteiger charge is -2.34. The van der Waals surface area contributed by atoms with E-state index in [0.717, 1.165) is 4.57 Å². The summed E-state index contributed by atoms with van der Waals surface area (Å²) in [5.41, 5.74) is -2.85. The molecule has 0 spiro atoms. The number of hydrogen-bond donors (Lipinski definition) is 0. The van der Waals surface area contributed by atoms with E-state index in [1.807, 2.05) is 0 Å². The number of alkyl halides is 6. The molecule has 0 atom stereocenters. The van der Waals surface area contributed by atoms with Crippen molar-refractivity contribution in [2.75, 3.05) is 26.2 Å². The van der Waals surface area contributed by atoms with E-state index >= 15 is 0 Å². The first kappa shape index (κ1) is 25.8. The Balaban J connectivity index is 1.52. The number of carbonyl (C=O) groups excluding carboxylic acids is 1. The van der Waals surface area contributed by atoms with E-state index in [-0.39, 0.29) is 50.0 Å². The lowest BCUT2D eigenvalue weighted by molar-refractivity contribution is -0.143. The number of sulfonamides is 1. The van der Waals surface area contributed by atoms with Crippen LogP contribution < -0.4 is 5.76 Å². The van der Waals surface area contributed by atoms with Crippen molar-refractivity contribution >= 4 is 27.0 Å². The van der Waals surface area contributed by atoms with Crippen molar-refractivity contribution in [3.63, 3.8) is 0 Å². The summed E-state index contributed by atoms with van der Waals surface area (Å²) in [5.74, 6) is -1.31. The van der Waals surface area contributed by atoms with Gasteiger partial charge in [-0.05, 0) is 30.3 Å². The van der Waals surface area contributed by atoms with Gasteiger partial charge in [-0.2, -0.15) is 30.6 Å². The van der Waals surface area contributed by atoms with Gasteiger partial charge in [0, 0.05) is 26.2 Å². The van der Waals surface area contributed by atoms with Crippen LogP contribution in [0.1, 0.15) is 11.1 Å². The smallest absolute Gasteiger partial charge is 0.408 e. The van der Waals surface area contributed by atoms with E-state index in [9.17, 15) is 44.3 Å². The average molecular weight is 537 g/mol. The van der Waals surface area contributed by atoms with Crippen LogP contribution in [0, 0.1) is 0 Å². The monoisotopic (exact) mass is 537 g/mol. The summed E-state index contributed by atoms with van der Waals surface area (Å²) in [6, 6.07) is 6.54. The minimum Gasteiger partial charge on any atom is -0.408 e. The van der Waals surface area contributed by atoms with Gasteiger partial charge in [-0.3, -0.25) is 9.36 Å². The first-order chi connectivity index (χ1) is 16.7. The molecule has 0 radical (unpaired) electrons. The van der Waals surface area contributed by atoms with Crippen LogP contribution in [0.5, 0.6) is 0 Å². The summed E-state index contributed by atoms with van der Waals surface area (Å²) < 4.78 is 111. The Bertz CT molecular complexity index is 1440. The molecule has 1 amide bonds. The molecule has 2 heterocycles.